The molecule has 1 saturated heterocycles. The van der Waals surface area contributed by atoms with E-state index in [0.29, 0.717) is 32.7 Å². The highest BCUT2D eigenvalue weighted by Gasteiger charge is 2.33. The van der Waals surface area contributed by atoms with Gasteiger partial charge in [-0.3, -0.25) is 9.59 Å². The number of nitrogens with zero attached hydrogens (tertiary/aromatic N) is 2. The molecule has 2 aliphatic heterocycles. The van der Waals surface area contributed by atoms with Crippen LogP contribution < -0.4 is 10.1 Å². The Morgan fingerprint density at radius 3 is 2.81 bits per heavy atom. The van der Waals surface area contributed by atoms with Crippen LogP contribution in [0.25, 0.3) is 0 Å². The average molecular weight is 375 g/mol. The van der Waals surface area contributed by atoms with E-state index in [1.54, 1.807) is 6.92 Å². The van der Waals surface area contributed by atoms with Gasteiger partial charge >= 0.3 is 0 Å². The lowest BCUT2D eigenvalue weighted by molar-refractivity contribution is -0.141. The van der Waals surface area contributed by atoms with Crippen molar-refractivity contribution >= 4 is 11.8 Å². The fraction of sp³-hybridized carbons (Fsp3) is 0.600. The lowest BCUT2D eigenvalue weighted by atomic mass is 10.1. The molecule has 1 fully saturated rings. The van der Waals surface area contributed by atoms with E-state index in [1.807, 2.05) is 48.2 Å². The molecule has 1 aromatic carbocycles. The number of para-hydroxylation sites is 1. The lowest BCUT2D eigenvalue weighted by Gasteiger charge is -2.33. The highest BCUT2D eigenvalue weighted by atomic mass is 16.5. The van der Waals surface area contributed by atoms with Crippen LogP contribution >= 0.6 is 0 Å². The molecule has 3 atom stereocenters. The van der Waals surface area contributed by atoms with Gasteiger partial charge in [-0.05, 0) is 39.9 Å². The van der Waals surface area contributed by atoms with Crippen LogP contribution in [0.3, 0.4) is 0 Å². The van der Waals surface area contributed by atoms with E-state index in [-0.39, 0.29) is 17.9 Å². The maximum Gasteiger partial charge on any atom is 0.249 e. The van der Waals surface area contributed by atoms with Crippen LogP contribution in [0.1, 0.15) is 25.3 Å². The van der Waals surface area contributed by atoms with E-state index >= 15 is 0 Å². The summed E-state index contributed by atoms with van der Waals surface area (Å²) in [5.41, 5.74) is 0.977. The number of benzene rings is 1. The number of hydrogen-bond acceptors (Lipinski definition) is 5. The van der Waals surface area contributed by atoms with Crippen molar-refractivity contribution in [2.75, 3.05) is 33.9 Å². The van der Waals surface area contributed by atoms with Crippen LogP contribution in [0.5, 0.6) is 5.75 Å². The first kappa shape index (κ1) is 19.6. The molecule has 0 bridgehead atoms. The van der Waals surface area contributed by atoms with E-state index < -0.39 is 12.1 Å². The van der Waals surface area contributed by atoms with E-state index in [4.69, 9.17) is 9.47 Å². The molecule has 0 spiro atoms. The first-order chi connectivity index (χ1) is 13.0. The van der Waals surface area contributed by atoms with E-state index in [9.17, 15) is 9.59 Å². The number of amides is 2. The molecule has 27 heavy (non-hydrogen) atoms. The summed E-state index contributed by atoms with van der Waals surface area (Å²) in [7, 11) is 3.95. The largest absolute Gasteiger partial charge is 0.491 e. The van der Waals surface area contributed by atoms with Crippen LogP contribution in [-0.4, -0.2) is 73.7 Å². The Hall–Kier alpha value is -2.12. The number of fused-ring (bicyclic) bond motifs is 1. The Balaban J connectivity index is 1.74. The fourth-order valence-corrected chi connectivity index (χ4v) is 3.60. The molecule has 2 heterocycles. The van der Waals surface area contributed by atoms with Crippen molar-refractivity contribution in [1.29, 1.82) is 0 Å². The molecule has 3 unspecified atom stereocenters. The second-order valence-electron chi connectivity index (χ2n) is 7.53. The Kier molecular flexibility index (Phi) is 6.34. The van der Waals surface area contributed by atoms with Crippen molar-refractivity contribution in [3.05, 3.63) is 29.8 Å². The van der Waals surface area contributed by atoms with Gasteiger partial charge in [0.25, 0.3) is 0 Å². The number of nitrogens with one attached hydrogen (secondary N) is 1. The predicted octanol–water partition coefficient (Wildman–Crippen LogP) is 1.02. The summed E-state index contributed by atoms with van der Waals surface area (Å²) < 4.78 is 11.4. The zero-order chi connectivity index (χ0) is 19.4. The monoisotopic (exact) mass is 375 g/mol. The molecule has 7 heteroatoms. The zero-order valence-electron chi connectivity index (χ0n) is 16.3. The second-order valence-corrected chi connectivity index (χ2v) is 7.53. The third kappa shape index (κ3) is 4.78. The van der Waals surface area contributed by atoms with Gasteiger partial charge in [-0.25, -0.2) is 0 Å². The number of carbonyl (C=O) groups excluding carboxylic acids is 2. The van der Waals surface area contributed by atoms with Crippen molar-refractivity contribution in [1.82, 2.24) is 15.1 Å². The highest BCUT2D eigenvalue weighted by molar-refractivity contribution is 5.89. The molecule has 0 saturated carbocycles. The normalized spacial score (nSPS) is 23.3. The summed E-state index contributed by atoms with van der Waals surface area (Å²) >= 11 is 0. The molecule has 0 aromatic heterocycles. The van der Waals surface area contributed by atoms with Crippen LogP contribution in [0.4, 0.5) is 0 Å². The molecular formula is C20H29N3O4. The van der Waals surface area contributed by atoms with Crippen molar-refractivity contribution in [3.63, 3.8) is 0 Å². The van der Waals surface area contributed by atoms with Gasteiger partial charge in [-0.2, -0.15) is 0 Å². The Morgan fingerprint density at radius 1 is 1.33 bits per heavy atom. The van der Waals surface area contributed by atoms with Crippen LogP contribution in [0, 0.1) is 0 Å². The van der Waals surface area contributed by atoms with Crippen LogP contribution in [-0.2, 0) is 20.9 Å². The minimum Gasteiger partial charge on any atom is -0.491 e. The molecular weight excluding hydrogens is 346 g/mol. The number of ether oxygens (including phenoxy) is 2. The van der Waals surface area contributed by atoms with E-state index in [1.165, 1.54) is 0 Å². The first-order valence-corrected chi connectivity index (χ1v) is 9.53. The van der Waals surface area contributed by atoms with Gasteiger partial charge in [0.05, 0.1) is 6.04 Å². The van der Waals surface area contributed by atoms with Gasteiger partial charge < -0.3 is 24.6 Å². The molecule has 7 nitrogen and oxygen atoms in total. The highest BCUT2D eigenvalue weighted by Crippen LogP contribution is 2.25. The smallest absolute Gasteiger partial charge is 0.249 e. The average Bonchev–Trinajstić information content (AvgIpc) is 3.12. The Bertz CT molecular complexity index is 673. The van der Waals surface area contributed by atoms with Crippen molar-refractivity contribution in [2.24, 2.45) is 0 Å². The molecule has 2 aliphatic rings. The number of hydrogen-bond donors (Lipinski definition) is 1. The molecule has 1 N–H and O–H groups in total. The summed E-state index contributed by atoms with van der Waals surface area (Å²) in [4.78, 5) is 29.4. The maximum atomic E-state index is 13.2. The van der Waals surface area contributed by atoms with Gasteiger partial charge in [0.15, 0.2) is 0 Å². The third-order valence-corrected chi connectivity index (χ3v) is 5.00. The molecule has 3 rings (SSSR count). The van der Waals surface area contributed by atoms with E-state index in [2.05, 4.69) is 5.32 Å². The predicted molar refractivity (Wildman–Crippen MR) is 101 cm³/mol. The van der Waals surface area contributed by atoms with Crippen LogP contribution in [0.2, 0.25) is 0 Å². The molecule has 0 aliphatic carbocycles. The molecule has 2 amide bonds. The quantitative estimate of drug-likeness (QED) is 0.832. The van der Waals surface area contributed by atoms with Crippen molar-refractivity contribution in [3.8, 4) is 5.75 Å². The number of likely N-dealkylation sites (N-methyl/N-ethyl adjacent to an activating group) is 1. The second kappa shape index (κ2) is 8.71. The summed E-state index contributed by atoms with van der Waals surface area (Å²) in [6, 6.07) is 7.07. The summed E-state index contributed by atoms with van der Waals surface area (Å²) in [5, 5.41) is 2.83. The number of carbonyl (C=O) groups is 2. The SMILES string of the molecule is CC(NC(=O)C1CCCO1)C(=O)N1Cc2ccccc2OCC1CN(C)C. The molecule has 0 radical (unpaired) electrons. The Labute approximate surface area is 160 Å². The minimum absolute atomic E-state index is 0.0954. The van der Waals surface area contributed by atoms with Crippen molar-refractivity contribution in [2.45, 2.75) is 44.5 Å². The minimum atomic E-state index is -0.614. The first-order valence-electron chi connectivity index (χ1n) is 9.53. The van der Waals surface area contributed by atoms with Gasteiger partial charge in [0.1, 0.15) is 24.5 Å². The van der Waals surface area contributed by atoms with Gasteiger partial charge in [-0.15, -0.1) is 0 Å². The fourth-order valence-electron chi connectivity index (χ4n) is 3.60. The summed E-state index contributed by atoms with van der Waals surface area (Å²) in [5.74, 6) is 0.505. The standard InChI is InChI=1S/C20H29N3O4/c1-14(21-19(24)18-9-6-10-26-18)20(25)23-11-15-7-4-5-8-17(15)27-13-16(23)12-22(2)3/h4-5,7-8,14,16,18H,6,9-13H2,1-3H3,(H,21,24). The van der Waals surface area contributed by atoms with E-state index in [0.717, 1.165) is 17.7 Å². The topological polar surface area (TPSA) is 71.1 Å². The molecule has 1 aromatic rings. The Morgan fingerprint density at radius 2 is 2.11 bits per heavy atom. The summed E-state index contributed by atoms with van der Waals surface area (Å²) in [6.45, 7) is 3.91. The lowest BCUT2D eigenvalue weighted by Crippen LogP contribution is -2.54. The van der Waals surface area contributed by atoms with Gasteiger partial charge in [-0.1, -0.05) is 18.2 Å². The molecule has 148 valence electrons. The maximum absolute atomic E-state index is 13.2. The summed E-state index contributed by atoms with van der Waals surface area (Å²) in [6.07, 6.45) is 1.15. The number of rotatable bonds is 5. The third-order valence-electron chi connectivity index (χ3n) is 5.00. The van der Waals surface area contributed by atoms with Gasteiger partial charge in [0, 0.05) is 25.3 Å². The zero-order valence-corrected chi connectivity index (χ0v) is 16.3. The van der Waals surface area contributed by atoms with Crippen LogP contribution in [0.15, 0.2) is 24.3 Å². The van der Waals surface area contributed by atoms with Gasteiger partial charge in [0.2, 0.25) is 11.8 Å². The van der Waals surface area contributed by atoms with Crippen molar-refractivity contribution < 1.29 is 19.1 Å².